The van der Waals surface area contributed by atoms with Gasteiger partial charge in [0.05, 0.1) is 15.6 Å². The third-order valence-corrected chi connectivity index (χ3v) is 2.29. The van der Waals surface area contributed by atoms with E-state index >= 15 is 0 Å². The van der Waals surface area contributed by atoms with E-state index in [-0.39, 0.29) is 10.0 Å². The Bertz CT molecular complexity index is 415. The molecule has 0 spiro atoms. The summed E-state index contributed by atoms with van der Waals surface area (Å²) in [5, 5.41) is 8.70. The van der Waals surface area contributed by atoms with E-state index in [4.69, 9.17) is 5.11 Å². The number of ketones is 1. The standard InChI is InChI=1S/C9H6BrFO3/c1-4(12)7-5(9(13)14)2-3-6(10)8(7)11/h2-3H,1H3,(H,13,14). The van der Waals surface area contributed by atoms with Crippen LogP contribution in [-0.2, 0) is 0 Å². The van der Waals surface area contributed by atoms with Gasteiger partial charge in [-0.1, -0.05) is 0 Å². The van der Waals surface area contributed by atoms with Crippen LogP contribution in [0.4, 0.5) is 4.39 Å². The molecule has 14 heavy (non-hydrogen) atoms. The molecule has 0 fully saturated rings. The number of hydrogen-bond acceptors (Lipinski definition) is 2. The quantitative estimate of drug-likeness (QED) is 0.832. The summed E-state index contributed by atoms with van der Waals surface area (Å²) in [5.41, 5.74) is -0.718. The van der Waals surface area contributed by atoms with Crippen molar-refractivity contribution < 1.29 is 19.1 Å². The van der Waals surface area contributed by atoms with E-state index in [1.807, 2.05) is 0 Å². The van der Waals surface area contributed by atoms with E-state index in [9.17, 15) is 14.0 Å². The van der Waals surface area contributed by atoms with Crippen molar-refractivity contribution in [3.8, 4) is 0 Å². The van der Waals surface area contributed by atoms with Crippen LogP contribution in [-0.4, -0.2) is 16.9 Å². The highest BCUT2D eigenvalue weighted by atomic mass is 79.9. The molecule has 5 heteroatoms. The number of carboxylic acid groups (broad SMARTS) is 1. The molecule has 3 nitrogen and oxygen atoms in total. The van der Waals surface area contributed by atoms with Gasteiger partial charge in [0.1, 0.15) is 5.82 Å². The predicted molar refractivity (Wildman–Crippen MR) is 51.1 cm³/mol. The van der Waals surface area contributed by atoms with Crippen molar-refractivity contribution in [1.82, 2.24) is 0 Å². The normalized spacial score (nSPS) is 9.93. The number of Topliss-reactive ketones (excluding diaryl/α,β-unsaturated/α-hetero) is 1. The number of carbonyl (C=O) groups excluding carboxylic acids is 1. The van der Waals surface area contributed by atoms with E-state index in [1.165, 1.54) is 12.1 Å². The van der Waals surface area contributed by atoms with Gasteiger partial charge in [0.25, 0.3) is 0 Å². The minimum Gasteiger partial charge on any atom is -0.478 e. The lowest BCUT2D eigenvalue weighted by atomic mass is 10.0. The van der Waals surface area contributed by atoms with Crippen molar-refractivity contribution in [3.63, 3.8) is 0 Å². The van der Waals surface area contributed by atoms with Gasteiger partial charge < -0.3 is 5.11 Å². The van der Waals surface area contributed by atoms with E-state index in [0.29, 0.717) is 0 Å². The summed E-state index contributed by atoms with van der Waals surface area (Å²) in [6, 6.07) is 2.44. The number of hydrogen-bond donors (Lipinski definition) is 1. The second kappa shape index (κ2) is 3.88. The monoisotopic (exact) mass is 260 g/mol. The summed E-state index contributed by atoms with van der Waals surface area (Å²) < 4.78 is 13.4. The first-order valence-corrected chi connectivity index (χ1v) is 4.46. The van der Waals surface area contributed by atoms with Gasteiger partial charge >= 0.3 is 5.97 Å². The van der Waals surface area contributed by atoms with E-state index in [2.05, 4.69) is 15.9 Å². The van der Waals surface area contributed by atoms with Crippen LogP contribution in [0.2, 0.25) is 0 Å². The molecule has 1 aromatic rings. The van der Waals surface area contributed by atoms with Crippen molar-refractivity contribution in [2.75, 3.05) is 0 Å². The van der Waals surface area contributed by atoms with Gasteiger partial charge in [-0.3, -0.25) is 4.79 Å². The Hall–Kier alpha value is -1.23. The Morgan fingerprint density at radius 3 is 2.43 bits per heavy atom. The molecule has 1 rings (SSSR count). The number of benzene rings is 1. The van der Waals surface area contributed by atoms with Crippen molar-refractivity contribution >= 4 is 27.7 Å². The third kappa shape index (κ3) is 1.82. The molecule has 0 heterocycles. The maximum absolute atomic E-state index is 13.3. The Morgan fingerprint density at radius 2 is 2.00 bits per heavy atom. The minimum absolute atomic E-state index is 0.0766. The molecule has 74 valence electrons. The SMILES string of the molecule is CC(=O)c1c(C(=O)O)ccc(Br)c1F. The topological polar surface area (TPSA) is 54.4 Å². The van der Waals surface area contributed by atoms with Gasteiger partial charge in [-0.05, 0) is 35.0 Å². The van der Waals surface area contributed by atoms with E-state index < -0.39 is 23.1 Å². The zero-order valence-corrected chi connectivity index (χ0v) is 8.76. The Morgan fingerprint density at radius 1 is 1.43 bits per heavy atom. The summed E-state index contributed by atoms with van der Waals surface area (Å²) in [4.78, 5) is 21.7. The van der Waals surface area contributed by atoms with Crippen LogP contribution in [0.3, 0.4) is 0 Å². The summed E-state index contributed by atoms with van der Waals surface area (Å²) in [5.74, 6) is -2.76. The molecule has 1 N–H and O–H groups in total. The maximum Gasteiger partial charge on any atom is 0.336 e. The van der Waals surface area contributed by atoms with Crippen LogP contribution in [0.1, 0.15) is 27.6 Å². The number of carboxylic acids is 1. The summed E-state index contributed by atoms with van der Waals surface area (Å²) in [6.45, 7) is 1.12. The van der Waals surface area contributed by atoms with Crippen molar-refractivity contribution in [2.24, 2.45) is 0 Å². The van der Waals surface area contributed by atoms with Gasteiger partial charge in [0.2, 0.25) is 0 Å². The lowest BCUT2D eigenvalue weighted by molar-refractivity contribution is 0.0691. The van der Waals surface area contributed by atoms with Crippen molar-refractivity contribution in [1.29, 1.82) is 0 Å². The Labute approximate surface area is 87.7 Å². The molecule has 1 aromatic carbocycles. The zero-order valence-electron chi connectivity index (χ0n) is 7.17. The highest BCUT2D eigenvalue weighted by Crippen LogP contribution is 2.22. The van der Waals surface area contributed by atoms with Crippen LogP contribution in [0, 0.1) is 5.82 Å². The highest BCUT2D eigenvalue weighted by molar-refractivity contribution is 9.10. The molecule has 0 unspecified atom stereocenters. The Kier molecular flexibility index (Phi) is 3.00. The number of halogens is 2. The molecule has 0 bridgehead atoms. The summed E-state index contributed by atoms with van der Waals surface area (Å²) >= 11 is 2.88. The smallest absolute Gasteiger partial charge is 0.336 e. The number of carbonyl (C=O) groups is 2. The summed E-state index contributed by atoms with van der Waals surface area (Å²) in [7, 11) is 0. The number of rotatable bonds is 2. The highest BCUT2D eigenvalue weighted by Gasteiger charge is 2.19. The molecular weight excluding hydrogens is 255 g/mol. The van der Waals surface area contributed by atoms with Gasteiger partial charge in [0.15, 0.2) is 5.78 Å². The van der Waals surface area contributed by atoms with Crippen LogP contribution >= 0.6 is 15.9 Å². The first-order valence-electron chi connectivity index (χ1n) is 3.67. The fourth-order valence-corrected chi connectivity index (χ4v) is 1.40. The second-order valence-corrected chi connectivity index (χ2v) is 3.50. The first-order chi connectivity index (χ1) is 6.45. The first kappa shape index (κ1) is 10.8. The second-order valence-electron chi connectivity index (χ2n) is 2.65. The van der Waals surface area contributed by atoms with Crippen LogP contribution in [0.5, 0.6) is 0 Å². The average Bonchev–Trinajstić information content (AvgIpc) is 2.08. The van der Waals surface area contributed by atoms with Gasteiger partial charge in [0, 0.05) is 0 Å². The summed E-state index contributed by atoms with van der Waals surface area (Å²) in [6.07, 6.45) is 0. The predicted octanol–water partition coefficient (Wildman–Crippen LogP) is 2.49. The molecule has 0 saturated heterocycles. The molecule has 0 aliphatic carbocycles. The van der Waals surface area contributed by atoms with Gasteiger partial charge in [-0.15, -0.1) is 0 Å². The van der Waals surface area contributed by atoms with Crippen LogP contribution < -0.4 is 0 Å². The molecule has 0 aliphatic rings. The largest absolute Gasteiger partial charge is 0.478 e. The third-order valence-electron chi connectivity index (χ3n) is 1.68. The Balaban J connectivity index is 3.53. The lowest BCUT2D eigenvalue weighted by Gasteiger charge is -2.04. The maximum atomic E-state index is 13.3. The molecule has 0 radical (unpaired) electrons. The van der Waals surface area contributed by atoms with Crippen LogP contribution in [0.25, 0.3) is 0 Å². The molecular formula is C9H6BrFO3. The van der Waals surface area contributed by atoms with Crippen molar-refractivity contribution in [3.05, 3.63) is 33.5 Å². The van der Waals surface area contributed by atoms with Gasteiger partial charge in [-0.2, -0.15) is 0 Å². The van der Waals surface area contributed by atoms with Gasteiger partial charge in [-0.25, -0.2) is 9.18 Å². The number of aromatic carboxylic acids is 1. The fraction of sp³-hybridized carbons (Fsp3) is 0.111. The zero-order chi connectivity index (χ0) is 10.9. The molecule has 0 aliphatic heterocycles. The molecule has 0 atom stereocenters. The van der Waals surface area contributed by atoms with Crippen molar-refractivity contribution in [2.45, 2.75) is 6.92 Å². The molecule has 0 aromatic heterocycles. The van der Waals surface area contributed by atoms with E-state index in [0.717, 1.165) is 6.92 Å². The van der Waals surface area contributed by atoms with Crippen LogP contribution in [0.15, 0.2) is 16.6 Å². The lowest BCUT2D eigenvalue weighted by Crippen LogP contribution is -2.09. The van der Waals surface area contributed by atoms with E-state index in [1.54, 1.807) is 0 Å². The molecule has 0 amide bonds. The fourth-order valence-electron chi connectivity index (χ4n) is 1.07. The molecule has 0 saturated carbocycles. The minimum atomic E-state index is -1.32. The average molecular weight is 261 g/mol.